The van der Waals surface area contributed by atoms with Crippen LogP contribution in [0.5, 0.6) is 0 Å². The van der Waals surface area contributed by atoms with E-state index in [4.69, 9.17) is 15.3 Å². The zero-order valence-corrected chi connectivity index (χ0v) is 11.1. The van der Waals surface area contributed by atoms with Gasteiger partial charge in [0.2, 0.25) is 0 Å². The molecule has 0 aromatic rings. The van der Waals surface area contributed by atoms with Crippen LogP contribution in [0.25, 0.3) is 0 Å². The Morgan fingerprint density at radius 3 is 2.89 bits per heavy atom. The zero-order chi connectivity index (χ0) is 13.9. The topological polar surface area (TPSA) is 92.4 Å². The Morgan fingerprint density at radius 2 is 2.32 bits per heavy atom. The van der Waals surface area contributed by atoms with Crippen LogP contribution in [0.3, 0.4) is 0 Å². The summed E-state index contributed by atoms with van der Waals surface area (Å²) in [4.78, 5) is 23.1. The molecule has 0 aromatic heterocycles. The highest BCUT2D eigenvalue weighted by molar-refractivity contribution is 5.96. The molecule has 1 fully saturated rings. The van der Waals surface area contributed by atoms with Crippen molar-refractivity contribution in [2.45, 2.75) is 5.91 Å². The quantitative estimate of drug-likeness (QED) is 0.601. The second kappa shape index (κ2) is 5.66. The van der Waals surface area contributed by atoms with Gasteiger partial charge in [0, 0.05) is 26.4 Å². The predicted molar refractivity (Wildman–Crippen MR) is 68.8 cm³/mol. The number of hydrogen-bond acceptors (Lipinski definition) is 7. The van der Waals surface area contributed by atoms with Crippen molar-refractivity contribution in [3.63, 3.8) is 0 Å². The third-order valence-corrected chi connectivity index (χ3v) is 3.23. The Morgan fingerprint density at radius 1 is 1.63 bits per heavy atom. The summed E-state index contributed by atoms with van der Waals surface area (Å²) < 4.78 is 5.34. The monoisotopic (exact) mass is 269 g/mol. The average Bonchev–Trinajstić information content (AvgIpc) is 2.47. The van der Waals surface area contributed by atoms with E-state index in [0.29, 0.717) is 32.0 Å². The number of nitrogens with zero attached hydrogens (tertiary/aromatic N) is 3. The molecule has 106 valence electrons. The standard InChI is InChI=1S/C11H19N5O3/c1-15(18-2)11(16-5-7-19-8-6-16)13-4-3-9(14-11)10(12)17/h3-4,14H,5-8H2,1-2H3,(H2,12,17). The van der Waals surface area contributed by atoms with Crippen molar-refractivity contribution in [2.75, 3.05) is 40.5 Å². The summed E-state index contributed by atoms with van der Waals surface area (Å²) in [6.07, 6.45) is 3.10. The number of nitrogens with one attached hydrogen (secondary N) is 1. The average molecular weight is 269 g/mol. The van der Waals surface area contributed by atoms with E-state index in [-0.39, 0.29) is 0 Å². The van der Waals surface area contributed by atoms with Crippen LogP contribution in [-0.4, -0.2) is 68.5 Å². The molecular formula is C11H19N5O3. The second-order valence-electron chi connectivity index (χ2n) is 4.26. The Labute approximate surface area is 111 Å². The lowest BCUT2D eigenvalue weighted by molar-refractivity contribution is -0.251. The highest BCUT2D eigenvalue weighted by Crippen LogP contribution is 2.23. The molecule has 0 spiro atoms. The molecule has 1 amide bonds. The Balaban J connectivity index is 2.28. The number of hydrogen-bond donors (Lipinski definition) is 2. The molecule has 0 aliphatic carbocycles. The minimum absolute atomic E-state index is 0.297. The largest absolute Gasteiger partial charge is 0.379 e. The SMILES string of the molecule is CON(C)C1(N2CCOCC2)N=CC=C(C(N)=O)N1. The number of morpholine rings is 1. The van der Waals surface area contributed by atoms with E-state index in [9.17, 15) is 4.79 Å². The molecule has 0 saturated carbocycles. The normalized spacial score (nSPS) is 28.1. The van der Waals surface area contributed by atoms with E-state index in [1.807, 2.05) is 4.90 Å². The molecule has 8 heteroatoms. The van der Waals surface area contributed by atoms with Crippen LogP contribution in [-0.2, 0) is 14.4 Å². The number of primary amides is 1. The molecule has 0 bridgehead atoms. The van der Waals surface area contributed by atoms with Gasteiger partial charge in [-0.3, -0.25) is 9.63 Å². The number of allylic oxidation sites excluding steroid dienone is 1. The summed E-state index contributed by atoms with van der Waals surface area (Å²) in [7, 11) is 3.28. The van der Waals surface area contributed by atoms with Crippen molar-refractivity contribution in [1.82, 2.24) is 15.3 Å². The van der Waals surface area contributed by atoms with Gasteiger partial charge in [-0.05, 0) is 6.08 Å². The molecule has 0 radical (unpaired) electrons. The van der Waals surface area contributed by atoms with Crippen molar-refractivity contribution in [2.24, 2.45) is 10.7 Å². The highest BCUT2D eigenvalue weighted by atomic mass is 16.7. The van der Waals surface area contributed by atoms with Crippen molar-refractivity contribution in [3.8, 4) is 0 Å². The first-order chi connectivity index (χ1) is 9.10. The van der Waals surface area contributed by atoms with Gasteiger partial charge in [-0.15, -0.1) is 5.06 Å². The summed E-state index contributed by atoms with van der Waals surface area (Å²) in [5.74, 6) is -1.51. The maximum atomic E-state index is 11.4. The van der Waals surface area contributed by atoms with Gasteiger partial charge < -0.3 is 15.8 Å². The number of amides is 1. The summed E-state index contributed by atoms with van der Waals surface area (Å²) in [6, 6.07) is 0. The Kier molecular flexibility index (Phi) is 4.15. The van der Waals surface area contributed by atoms with Gasteiger partial charge in [0.15, 0.2) is 0 Å². The molecule has 1 unspecified atom stereocenters. The first-order valence-electron chi connectivity index (χ1n) is 6.04. The van der Waals surface area contributed by atoms with Gasteiger partial charge in [-0.25, -0.2) is 9.89 Å². The van der Waals surface area contributed by atoms with Gasteiger partial charge >= 0.3 is 0 Å². The van der Waals surface area contributed by atoms with Crippen molar-refractivity contribution >= 4 is 12.1 Å². The van der Waals surface area contributed by atoms with E-state index in [1.54, 1.807) is 31.5 Å². The number of nitrogens with two attached hydrogens (primary N) is 1. The molecule has 19 heavy (non-hydrogen) atoms. The van der Waals surface area contributed by atoms with Crippen LogP contribution < -0.4 is 11.1 Å². The van der Waals surface area contributed by atoms with E-state index < -0.39 is 11.8 Å². The molecule has 1 atom stereocenters. The number of aliphatic imine (C=N–C) groups is 1. The number of rotatable bonds is 4. The fourth-order valence-corrected chi connectivity index (χ4v) is 2.14. The van der Waals surface area contributed by atoms with E-state index in [2.05, 4.69) is 10.3 Å². The molecule has 3 N–H and O–H groups in total. The van der Waals surface area contributed by atoms with Crippen LogP contribution in [0, 0.1) is 0 Å². The highest BCUT2D eigenvalue weighted by Gasteiger charge is 2.44. The molecule has 2 rings (SSSR count). The maximum Gasteiger partial charge on any atom is 0.271 e. The number of hydroxylamine groups is 2. The van der Waals surface area contributed by atoms with Gasteiger partial charge in [0.05, 0.1) is 20.3 Å². The predicted octanol–water partition coefficient (Wildman–Crippen LogP) is -1.53. The molecule has 2 aliphatic rings. The van der Waals surface area contributed by atoms with Crippen molar-refractivity contribution in [3.05, 3.63) is 11.8 Å². The van der Waals surface area contributed by atoms with Gasteiger partial charge in [0.1, 0.15) is 5.70 Å². The van der Waals surface area contributed by atoms with Crippen LogP contribution >= 0.6 is 0 Å². The number of carbonyl (C=O) groups is 1. The van der Waals surface area contributed by atoms with Crippen LogP contribution in [0.1, 0.15) is 0 Å². The van der Waals surface area contributed by atoms with E-state index >= 15 is 0 Å². The first-order valence-corrected chi connectivity index (χ1v) is 6.04. The first kappa shape index (κ1) is 13.9. The number of carbonyl (C=O) groups excluding carboxylic acids is 1. The van der Waals surface area contributed by atoms with E-state index in [1.165, 1.54) is 0 Å². The maximum absolute atomic E-state index is 11.4. The lowest BCUT2D eigenvalue weighted by Crippen LogP contribution is -2.69. The van der Waals surface area contributed by atoms with Crippen LogP contribution in [0.2, 0.25) is 0 Å². The third-order valence-electron chi connectivity index (χ3n) is 3.23. The van der Waals surface area contributed by atoms with Crippen LogP contribution in [0.4, 0.5) is 0 Å². The van der Waals surface area contributed by atoms with Gasteiger partial charge in [-0.2, -0.15) is 0 Å². The molecule has 8 nitrogen and oxygen atoms in total. The van der Waals surface area contributed by atoms with Crippen LogP contribution in [0.15, 0.2) is 16.8 Å². The molecule has 2 heterocycles. The lowest BCUT2D eigenvalue weighted by atomic mass is 10.3. The van der Waals surface area contributed by atoms with Gasteiger partial charge in [-0.1, -0.05) is 0 Å². The summed E-state index contributed by atoms with van der Waals surface area (Å²) in [6.45, 7) is 2.55. The summed E-state index contributed by atoms with van der Waals surface area (Å²) in [5.41, 5.74) is 5.62. The van der Waals surface area contributed by atoms with Crippen molar-refractivity contribution < 1.29 is 14.4 Å². The Bertz CT molecular complexity index is 405. The molecule has 0 aromatic carbocycles. The number of ether oxygens (including phenoxy) is 1. The molecule has 2 aliphatic heterocycles. The zero-order valence-electron chi connectivity index (χ0n) is 11.1. The Hall–Kier alpha value is -1.48. The smallest absolute Gasteiger partial charge is 0.271 e. The third kappa shape index (κ3) is 2.61. The minimum Gasteiger partial charge on any atom is -0.379 e. The molecule has 1 saturated heterocycles. The summed E-state index contributed by atoms with van der Waals surface area (Å²) in [5, 5.41) is 4.59. The van der Waals surface area contributed by atoms with Crippen molar-refractivity contribution in [1.29, 1.82) is 0 Å². The van der Waals surface area contributed by atoms with Gasteiger partial charge in [0.25, 0.3) is 11.8 Å². The molecular weight excluding hydrogens is 250 g/mol. The second-order valence-corrected chi connectivity index (χ2v) is 4.26. The fourth-order valence-electron chi connectivity index (χ4n) is 2.14. The summed E-state index contributed by atoms with van der Waals surface area (Å²) >= 11 is 0. The fraction of sp³-hybridized carbons (Fsp3) is 0.636. The lowest BCUT2D eigenvalue weighted by Gasteiger charge is -2.47. The van der Waals surface area contributed by atoms with E-state index in [0.717, 1.165) is 0 Å². The minimum atomic E-state index is -0.975.